The van der Waals surface area contributed by atoms with Crippen molar-refractivity contribution in [3.63, 3.8) is 0 Å². The third-order valence-electron chi connectivity index (χ3n) is 4.17. The van der Waals surface area contributed by atoms with Crippen molar-refractivity contribution in [2.24, 2.45) is 0 Å². The van der Waals surface area contributed by atoms with Gasteiger partial charge in [-0.25, -0.2) is 9.18 Å². The molecule has 4 nitrogen and oxygen atoms in total. The Hall–Kier alpha value is -1.91. The molecule has 5 heteroatoms. The fourth-order valence-electron chi connectivity index (χ4n) is 2.95. The molecular weight excluding hydrogens is 273 g/mol. The van der Waals surface area contributed by atoms with Gasteiger partial charge in [0.1, 0.15) is 11.4 Å². The highest BCUT2D eigenvalue weighted by atomic mass is 19.1. The van der Waals surface area contributed by atoms with Crippen molar-refractivity contribution in [2.45, 2.75) is 50.5 Å². The van der Waals surface area contributed by atoms with Crippen LogP contribution in [0.15, 0.2) is 24.3 Å². The van der Waals surface area contributed by atoms with Gasteiger partial charge in [0.2, 0.25) is 5.91 Å². The highest BCUT2D eigenvalue weighted by molar-refractivity contribution is 5.87. The molecular formula is C16H20FNO3. The molecule has 1 saturated carbocycles. The van der Waals surface area contributed by atoms with Gasteiger partial charge in [-0.05, 0) is 30.4 Å². The average Bonchev–Trinajstić information content (AvgIpc) is 2.88. The van der Waals surface area contributed by atoms with E-state index >= 15 is 0 Å². The third-order valence-corrected chi connectivity index (χ3v) is 4.17. The number of halogens is 1. The first-order valence-corrected chi connectivity index (χ1v) is 7.23. The average molecular weight is 293 g/mol. The summed E-state index contributed by atoms with van der Waals surface area (Å²) < 4.78 is 13.7. The highest BCUT2D eigenvalue weighted by Crippen LogP contribution is 2.30. The number of carboxylic acid groups (broad SMARTS) is 1. The molecule has 1 aromatic carbocycles. The monoisotopic (exact) mass is 293 g/mol. The van der Waals surface area contributed by atoms with E-state index in [2.05, 4.69) is 5.32 Å². The number of aliphatic carboxylic acids is 1. The Balaban J connectivity index is 2.01. The Morgan fingerprint density at radius 1 is 1.33 bits per heavy atom. The Kier molecular flexibility index (Phi) is 4.60. The number of hydrogen-bond acceptors (Lipinski definition) is 2. The molecule has 1 aliphatic rings. The van der Waals surface area contributed by atoms with Crippen molar-refractivity contribution in [1.82, 2.24) is 5.32 Å². The van der Waals surface area contributed by atoms with Crippen molar-refractivity contribution in [3.8, 4) is 0 Å². The lowest BCUT2D eigenvalue weighted by Gasteiger charge is -2.26. The molecule has 1 aromatic rings. The molecule has 0 spiro atoms. The van der Waals surface area contributed by atoms with E-state index in [1.165, 1.54) is 6.07 Å². The van der Waals surface area contributed by atoms with Crippen LogP contribution in [0.5, 0.6) is 0 Å². The van der Waals surface area contributed by atoms with E-state index in [4.69, 9.17) is 0 Å². The zero-order chi connectivity index (χ0) is 15.5. The van der Waals surface area contributed by atoms with Gasteiger partial charge in [-0.2, -0.15) is 0 Å². The molecule has 114 valence electrons. The van der Waals surface area contributed by atoms with E-state index in [1.807, 2.05) is 0 Å². The Morgan fingerprint density at radius 3 is 2.52 bits per heavy atom. The second-order valence-corrected chi connectivity index (χ2v) is 5.77. The molecule has 0 aliphatic heterocycles. The standard InChI is InChI=1S/C16H20FNO3/c1-11(12-6-2-3-7-13(12)17)10-14(19)18-16(15(20)21)8-4-5-9-16/h2-3,6-7,11H,4-5,8-10H2,1H3,(H,18,19)(H,20,21). The van der Waals surface area contributed by atoms with E-state index < -0.39 is 11.5 Å². The largest absolute Gasteiger partial charge is 0.480 e. The topological polar surface area (TPSA) is 66.4 Å². The molecule has 21 heavy (non-hydrogen) atoms. The molecule has 1 aliphatic carbocycles. The van der Waals surface area contributed by atoms with E-state index in [0.717, 1.165) is 12.8 Å². The Labute approximate surface area is 123 Å². The van der Waals surface area contributed by atoms with Crippen molar-refractivity contribution in [1.29, 1.82) is 0 Å². The number of rotatable bonds is 5. The number of amides is 1. The van der Waals surface area contributed by atoms with Crippen molar-refractivity contribution < 1.29 is 19.1 Å². The molecule has 2 rings (SSSR count). The van der Waals surface area contributed by atoms with Crippen molar-refractivity contribution in [2.75, 3.05) is 0 Å². The maximum atomic E-state index is 13.7. The third kappa shape index (κ3) is 3.40. The molecule has 0 saturated heterocycles. The number of carbonyl (C=O) groups excluding carboxylic acids is 1. The van der Waals surface area contributed by atoms with Crippen LogP contribution in [0.25, 0.3) is 0 Å². The van der Waals surface area contributed by atoms with Crippen LogP contribution < -0.4 is 5.32 Å². The first-order valence-electron chi connectivity index (χ1n) is 7.23. The summed E-state index contributed by atoms with van der Waals surface area (Å²) in [7, 11) is 0. The van der Waals surface area contributed by atoms with Crippen LogP contribution in [0.4, 0.5) is 4.39 Å². The van der Waals surface area contributed by atoms with Gasteiger partial charge in [-0.3, -0.25) is 4.79 Å². The normalized spacial score (nSPS) is 18.2. The van der Waals surface area contributed by atoms with Gasteiger partial charge in [0, 0.05) is 6.42 Å². The van der Waals surface area contributed by atoms with Gasteiger partial charge >= 0.3 is 5.97 Å². The predicted molar refractivity (Wildman–Crippen MR) is 76.4 cm³/mol. The number of benzene rings is 1. The molecule has 0 radical (unpaired) electrons. The Morgan fingerprint density at radius 2 is 1.95 bits per heavy atom. The first kappa shape index (κ1) is 15.5. The van der Waals surface area contributed by atoms with Crippen LogP contribution in [0.2, 0.25) is 0 Å². The van der Waals surface area contributed by atoms with Gasteiger partial charge < -0.3 is 10.4 Å². The van der Waals surface area contributed by atoms with Gasteiger partial charge in [-0.15, -0.1) is 0 Å². The predicted octanol–water partition coefficient (Wildman–Crippen LogP) is 2.83. The maximum absolute atomic E-state index is 13.7. The molecule has 1 amide bonds. The lowest BCUT2D eigenvalue weighted by Crippen LogP contribution is -2.52. The fraction of sp³-hybridized carbons (Fsp3) is 0.500. The van der Waals surface area contributed by atoms with Gasteiger partial charge in [0.05, 0.1) is 0 Å². The number of carboxylic acids is 1. The van der Waals surface area contributed by atoms with Crippen molar-refractivity contribution in [3.05, 3.63) is 35.6 Å². The van der Waals surface area contributed by atoms with E-state index in [9.17, 15) is 19.1 Å². The molecule has 1 fully saturated rings. The molecule has 0 bridgehead atoms. The lowest BCUT2D eigenvalue weighted by atomic mass is 9.94. The van der Waals surface area contributed by atoms with Crippen LogP contribution in [-0.4, -0.2) is 22.5 Å². The van der Waals surface area contributed by atoms with Gasteiger partial charge in [0.25, 0.3) is 0 Å². The number of carbonyl (C=O) groups is 2. The summed E-state index contributed by atoms with van der Waals surface area (Å²) >= 11 is 0. The minimum atomic E-state index is -1.13. The second kappa shape index (κ2) is 6.24. The van der Waals surface area contributed by atoms with E-state index in [0.29, 0.717) is 18.4 Å². The molecule has 2 N–H and O–H groups in total. The number of nitrogens with one attached hydrogen (secondary N) is 1. The maximum Gasteiger partial charge on any atom is 0.329 e. The zero-order valence-corrected chi connectivity index (χ0v) is 12.1. The van der Waals surface area contributed by atoms with Crippen LogP contribution in [0, 0.1) is 5.82 Å². The Bertz CT molecular complexity index is 538. The van der Waals surface area contributed by atoms with E-state index in [1.54, 1.807) is 25.1 Å². The zero-order valence-electron chi connectivity index (χ0n) is 12.1. The quantitative estimate of drug-likeness (QED) is 0.877. The van der Waals surface area contributed by atoms with Crippen LogP contribution in [-0.2, 0) is 9.59 Å². The first-order chi connectivity index (χ1) is 9.94. The van der Waals surface area contributed by atoms with Crippen LogP contribution in [0.1, 0.15) is 50.5 Å². The molecule has 1 unspecified atom stereocenters. The van der Waals surface area contributed by atoms with Crippen molar-refractivity contribution >= 4 is 11.9 Å². The van der Waals surface area contributed by atoms with Gasteiger partial charge in [0.15, 0.2) is 0 Å². The summed E-state index contributed by atoms with van der Waals surface area (Å²) in [5.41, 5.74) is -0.657. The smallest absolute Gasteiger partial charge is 0.329 e. The van der Waals surface area contributed by atoms with Gasteiger partial charge in [-0.1, -0.05) is 38.0 Å². The highest BCUT2D eigenvalue weighted by Gasteiger charge is 2.42. The lowest BCUT2D eigenvalue weighted by molar-refractivity contribution is -0.147. The number of hydrogen-bond donors (Lipinski definition) is 2. The summed E-state index contributed by atoms with van der Waals surface area (Å²) in [5.74, 6) is -1.95. The molecule has 1 atom stereocenters. The second-order valence-electron chi connectivity index (χ2n) is 5.77. The van der Waals surface area contributed by atoms with E-state index in [-0.39, 0.29) is 24.1 Å². The van der Waals surface area contributed by atoms with Crippen LogP contribution in [0.3, 0.4) is 0 Å². The summed E-state index contributed by atoms with van der Waals surface area (Å²) in [6.07, 6.45) is 2.60. The molecule has 0 heterocycles. The summed E-state index contributed by atoms with van der Waals surface area (Å²) in [5, 5.41) is 12.0. The minimum Gasteiger partial charge on any atom is -0.480 e. The minimum absolute atomic E-state index is 0.0793. The fourth-order valence-corrected chi connectivity index (χ4v) is 2.95. The van der Waals surface area contributed by atoms with Crippen LogP contribution >= 0.6 is 0 Å². The summed E-state index contributed by atoms with van der Waals surface area (Å²) in [4.78, 5) is 23.5. The SMILES string of the molecule is CC(CC(=O)NC1(C(=O)O)CCCC1)c1ccccc1F. The summed E-state index contributed by atoms with van der Waals surface area (Å²) in [6, 6.07) is 6.33. The molecule has 0 aromatic heterocycles. The summed E-state index contributed by atoms with van der Waals surface area (Å²) in [6.45, 7) is 1.76.